The second kappa shape index (κ2) is 12.6. The van der Waals surface area contributed by atoms with E-state index in [1.807, 2.05) is 31.2 Å². The molecular weight excluding hydrogens is 428 g/mol. The smallest absolute Gasteiger partial charge is 0.435 e. The molecule has 0 bridgehead atoms. The topological polar surface area (TPSA) is 107 Å². The van der Waals surface area contributed by atoms with Crippen molar-refractivity contribution in [1.29, 1.82) is 0 Å². The maximum Gasteiger partial charge on any atom is 0.435 e. The number of rotatable bonds is 8. The Labute approximate surface area is 199 Å². The maximum atomic E-state index is 12.4. The zero-order valence-electron chi connectivity index (χ0n) is 19.0. The van der Waals surface area contributed by atoms with Crippen LogP contribution in [0.3, 0.4) is 0 Å². The minimum atomic E-state index is -0.683. The average molecular weight is 455 g/mol. The summed E-state index contributed by atoms with van der Waals surface area (Å²) in [5.41, 5.74) is 9.32. The van der Waals surface area contributed by atoms with Crippen LogP contribution in [0, 0.1) is 11.8 Å². The number of unbranched alkanes of at least 4 members (excludes halogenated alkanes) is 1. The standard InChI is InChI=1S/C27H26N4O3/c1-2-3-18-34-27(33)31-26(28)22-12-14-24(15-13-22)30-17-4-6-20-8-10-21(11-9-20)25(32)23-7-5-16-29-19-23/h5,7-16,19,30H,2-3,17-18H2,1H3,(H2,28,31,33). The van der Waals surface area contributed by atoms with Crippen molar-refractivity contribution in [2.45, 2.75) is 19.8 Å². The molecule has 1 aromatic heterocycles. The number of ether oxygens (including phenoxy) is 1. The molecule has 0 radical (unpaired) electrons. The number of amidine groups is 1. The van der Waals surface area contributed by atoms with Crippen LogP contribution in [0.5, 0.6) is 0 Å². The Balaban J connectivity index is 1.50. The zero-order valence-corrected chi connectivity index (χ0v) is 19.0. The van der Waals surface area contributed by atoms with E-state index in [9.17, 15) is 9.59 Å². The van der Waals surface area contributed by atoms with Gasteiger partial charge in [0.2, 0.25) is 0 Å². The van der Waals surface area contributed by atoms with E-state index >= 15 is 0 Å². The van der Waals surface area contributed by atoms with E-state index in [0.717, 1.165) is 24.1 Å². The van der Waals surface area contributed by atoms with Crippen molar-refractivity contribution < 1.29 is 14.3 Å². The summed E-state index contributed by atoms with van der Waals surface area (Å²) in [4.78, 5) is 31.8. The van der Waals surface area contributed by atoms with Gasteiger partial charge in [0.25, 0.3) is 0 Å². The van der Waals surface area contributed by atoms with Crippen LogP contribution < -0.4 is 11.1 Å². The van der Waals surface area contributed by atoms with Crippen molar-refractivity contribution in [3.63, 3.8) is 0 Å². The maximum absolute atomic E-state index is 12.4. The predicted molar refractivity (Wildman–Crippen MR) is 133 cm³/mol. The van der Waals surface area contributed by atoms with Gasteiger partial charge in [0, 0.05) is 40.3 Å². The molecule has 7 heteroatoms. The summed E-state index contributed by atoms with van der Waals surface area (Å²) in [5.74, 6) is 6.16. The van der Waals surface area contributed by atoms with Gasteiger partial charge < -0.3 is 15.8 Å². The first-order chi connectivity index (χ1) is 16.6. The molecule has 0 fully saturated rings. The Morgan fingerprint density at radius 1 is 1.03 bits per heavy atom. The molecule has 0 atom stereocenters. The minimum Gasteiger partial charge on any atom is -0.448 e. The molecule has 0 unspecified atom stereocenters. The van der Waals surface area contributed by atoms with E-state index in [1.54, 1.807) is 48.8 Å². The first-order valence-corrected chi connectivity index (χ1v) is 11.0. The molecule has 0 spiro atoms. The molecule has 0 aliphatic heterocycles. The van der Waals surface area contributed by atoms with E-state index in [-0.39, 0.29) is 11.6 Å². The number of ketones is 1. The van der Waals surface area contributed by atoms with Gasteiger partial charge in [-0.25, -0.2) is 4.79 Å². The van der Waals surface area contributed by atoms with Crippen molar-refractivity contribution in [2.24, 2.45) is 10.7 Å². The molecule has 0 aliphatic rings. The van der Waals surface area contributed by atoms with E-state index in [2.05, 4.69) is 27.1 Å². The highest BCUT2D eigenvalue weighted by atomic mass is 16.5. The van der Waals surface area contributed by atoms with Crippen molar-refractivity contribution in [1.82, 2.24) is 4.98 Å². The van der Waals surface area contributed by atoms with Crippen LogP contribution in [0.25, 0.3) is 0 Å². The molecule has 1 heterocycles. The number of carbonyl (C=O) groups excluding carboxylic acids is 2. The molecule has 34 heavy (non-hydrogen) atoms. The number of carbonyl (C=O) groups is 2. The van der Waals surface area contributed by atoms with E-state index in [4.69, 9.17) is 10.5 Å². The van der Waals surface area contributed by atoms with Crippen molar-refractivity contribution >= 4 is 23.4 Å². The van der Waals surface area contributed by atoms with Crippen molar-refractivity contribution in [3.8, 4) is 11.8 Å². The molecular formula is C27H26N4O3. The fourth-order valence-corrected chi connectivity index (χ4v) is 2.92. The number of hydrogen-bond acceptors (Lipinski definition) is 5. The lowest BCUT2D eigenvalue weighted by atomic mass is 10.0. The number of pyridine rings is 1. The van der Waals surface area contributed by atoms with Gasteiger partial charge in [-0.1, -0.05) is 25.2 Å². The van der Waals surface area contributed by atoms with Crippen LogP contribution in [0.2, 0.25) is 0 Å². The van der Waals surface area contributed by atoms with Gasteiger partial charge in [-0.2, -0.15) is 4.99 Å². The van der Waals surface area contributed by atoms with E-state index < -0.39 is 6.09 Å². The number of hydrogen-bond donors (Lipinski definition) is 2. The Bertz CT molecular complexity index is 1190. The zero-order chi connectivity index (χ0) is 24.2. The number of nitrogens with one attached hydrogen (secondary N) is 1. The lowest BCUT2D eigenvalue weighted by Crippen LogP contribution is -2.16. The summed E-state index contributed by atoms with van der Waals surface area (Å²) in [6, 6.07) is 17.8. The number of nitrogens with two attached hydrogens (primary N) is 1. The summed E-state index contributed by atoms with van der Waals surface area (Å²) in [7, 11) is 0. The van der Waals surface area contributed by atoms with Crippen LogP contribution in [0.1, 0.15) is 46.8 Å². The Hall–Kier alpha value is -4.44. The third-order valence-electron chi connectivity index (χ3n) is 4.80. The molecule has 0 saturated heterocycles. The number of aromatic nitrogens is 1. The molecule has 0 saturated carbocycles. The molecule has 3 rings (SSSR count). The SMILES string of the molecule is CCCCOC(=O)N=C(N)c1ccc(NCC#Cc2ccc(C(=O)c3cccnc3)cc2)cc1. The molecule has 3 N–H and O–H groups in total. The Kier molecular flexibility index (Phi) is 8.94. The van der Waals surface area contributed by atoms with E-state index in [1.165, 1.54) is 0 Å². The van der Waals surface area contributed by atoms with Crippen LogP contribution >= 0.6 is 0 Å². The van der Waals surface area contributed by atoms with E-state index in [0.29, 0.717) is 29.8 Å². The van der Waals surface area contributed by atoms with Crippen LogP contribution in [-0.4, -0.2) is 35.8 Å². The first kappa shape index (κ1) is 24.2. The quantitative estimate of drug-likeness (QED) is 0.172. The van der Waals surface area contributed by atoms with Gasteiger partial charge in [0.1, 0.15) is 5.84 Å². The van der Waals surface area contributed by atoms with Gasteiger partial charge in [0.05, 0.1) is 13.2 Å². The number of nitrogens with zero attached hydrogens (tertiary/aromatic N) is 2. The second-order valence-corrected chi connectivity index (χ2v) is 7.35. The lowest BCUT2D eigenvalue weighted by molar-refractivity contribution is 0.103. The monoisotopic (exact) mass is 454 g/mol. The lowest BCUT2D eigenvalue weighted by Gasteiger charge is -2.05. The normalized spacial score (nSPS) is 10.7. The summed E-state index contributed by atoms with van der Waals surface area (Å²) in [6.07, 6.45) is 4.23. The van der Waals surface area contributed by atoms with Gasteiger partial charge in [0.15, 0.2) is 5.78 Å². The number of benzene rings is 2. The average Bonchev–Trinajstić information content (AvgIpc) is 2.87. The molecule has 0 aliphatic carbocycles. The summed E-state index contributed by atoms with van der Waals surface area (Å²) < 4.78 is 4.99. The Morgan fingerprint density at radius 2 is 1.76 bits per heavy atom. The Morgan fingerprint density at radius 3 is 2.44 bits per heavy atom. The highest BCUT2D eigenvalue weighted by Crippen LogP contribution is 2.11. The van der Waals surface area contributed by atoms with Crippen LogP contribution in [-0.2, 0) is 4.74 Å². The second-order valence-electron chi connectivity index (χ2n) is 7.35. The van der Waals surface area contributed by atoms with Gasteiger partial charge >= 0.3 is 6.09 Å². The van der Waals surface area contributed by atoms with Gasteiger partial charge in [-0.05, 0) is 67.1 Å². The molecule has 2 aromatic carbocycles. The summed E-state index contributed by atoms with van der Waals surface area (Å²) in [5, 5.41) is 3.20. The fourth-order valence-electron chi connectivity index (χ4n) is 2.92. The first-order valence-electron chi connectivity index (χ1n) is 11.0. The van der Waals surface area contributed by atoms with Crippen LogP contribution in [0.4, 0.5) is 10.5 Å². The van der Waals surface area contributed by atoms with Gasteiger partial charge in [-0.3, -0.25) is 9.78 Å². The number of anilines is 1. The summed E-state index contributed by atoms with van der Waals surface area (Å²) in [6.45, 7) is 2.78. The highest BCUT2D eigenvalue weighted by molar-refractivity contribution is 6.08. The number of aliphatic imine (C=N–C) groups is 1. The molecule has 1 amide bonds. The molecule has 7 nitrogen and oxygen atoms in total. The largest absolute Gasteiger partial charge is 0.448 e. The third kappa shape index (κ3) is 7.31. The molecule has 3 aromatic rings. The van der Waals surface area contributed by atoms with Crippen molar-refractivity contribution in [3.05, 3.63) is 95.3 Å². The molecule has 172 valence electrons. The fraction of sp³-hybridized carbons (Fsp3) is 0.185. The number of amides is 1. The van der Waals surface area contributed by atoms with Crippen molar-refractivity contribution in [2.75, 3.05) is 18.5 Å². The van der Waals surface area contributed by atoms with Gasteiger partial charge in [-0.15, -0.1) is 0 Å². The predicted octanol–water partition coefficient (Wildman–Crippen LogP) is 4.42. The summed E-state index contributed by atoms with van der Waals surface area (Å²) >= 11 is 0. The third-order valence-corrected chi connectivity index (χ3v) is 4.80. The van der Waals surface area contributed by atoms with Crippen LogP contribution in [0.15, 0.2) is 78.0 Å². The highest BCUT2D eigenvalue weighted by Gasteiger charge is 2.08. The minimum absolute atomic E-state index is 0.0724.